The van der Waals surface area contributed by atoms with Gasteiger partial charge in [0, 0.05) is 5.92 Å². The van der Waals surface area contributed by atoms with Crippen molar-refractivity contribution >= 4 is 0 Å². The first-order valence-electron chi connectivity index (χ1n) is 9.97. The Morgan fingerprint density at radius 1 is 0.962 bits per heavy atom. The molecule has 0 heterocycles. The molecule has 0 amide bonds. The zero-order valence-electron chi connectivity index (χ0n) is 15.6. The van der Waals surface area contributed by atoms with Crippen LogP contribution in [-0.2, 0) is 11.2 Å². The van der Waals surface area contributed by atoms with Crippen LogP contribution in [0.1, 0.15) is 69.8 Å². The number of aryl methyl sites for hydroxylation is 1. The van der Waals surface area contributed by atoms with Crippen LogP contribution in [-0.4, -0.2) is 7.11 Å². The van der Waals surface area contributed by atoms with Gasteiger partial charge in [-0.15, -0.1) is 0 Å². The first-order valence-corrected chi connectivity index (χ1v) is 9.97. The van der Waals surface area contributed by atoms with Gasteiger partial charge >= 0.3 is 0 Å². The van der Waals surface area contributed by atoms with Crippen LogP contribution in [0.3, 0.4) is 0 Å². The molecule has 0 unspecified atom stereocenters. The number of hydrogen-bond donors (Lipinski definition) is 0. The van der Waals surface area contributed by atoms with Crippen molar-refractivity contribution in [3.05, 3.63) is 46.5 Å². The maximum absolute atomic E-state index is 13.3. The molecule has 2 aliphatic rings. The topological polar surface area (TPSA) is 9.23 Å². The Balaban J connectivity index is 1.52. The molecular formula is C22H29F3O. The first-order chi connectivity index (χ1) is 12.6. The molecule has 0 radical (unpaired) electrons. The molecule has 1 aromatic rings. The van der Waals surface area contributed by atoms with Crippen molar-refractivity contribution in [3.8, 4) is 0 Å². The lowest BCUT2D eigenvalue weighted by Crippen LogP contribution is -2.19. The Kier molecular flexibility index (Phi) is 6.66. The molecule has 0 aromatic heterocycles. The van der Waals surface area contributed by atoms with Crippen LogP contribution in [0.5, 0.6) is 0 Å². The summed E-state index contributed by atoms with van der Waals surface area (Å²) in [5.74, 6) is -1.22. The zero-order valence-corrected chi connectivity index (χ0v) is 15.6. The van der Waals surface area contributed by atoms with Crippen molar-refractivity contribution in [2.45, 2.75) is 70.6 Å². The third kappa shape index (κ3) is 4.63. The fourth-order valence-electron chi connectivity index (χ4n) is 4.66. The van der Waals surface area contributed by atoms with Gasteiger partial charge in [0.15, 0.2) is 17.5 Å². The molecule has 0 saturated heterocycles. The predicted octanol–water partition coefficient (Wildman–Crippen LogP) is 6.71. The second-order valence-corrected chi connectivity index (χ2v) is 7.86. The molecule has 1 nitrogen and oxygen atoms in total. The Morgan fingerprint density at radius 3 is 2.15 bits per heavy atom. The summed E-state index contributed by atoms with van der Waals surface area (Å²) in [5.41, 5.74) is 2.07. The summed E-state index contributed by atoms with van der Waals surface area (Å²) < 4.78 is 45.5. The monoisotopic (exact) mass is 366 g/mol. The van der Waals surface area contributed by atoms with Gasteiger partial charge in [-0.3, -0.25) is 0 Å². The van der Waals surface area contributed by atoms with E-state index in [9.17, 15) is 13.2 Å². The third-order valence-electron chi connectivity index (χ3n) is 6.13. The van der Waals surface area contributed by atoms with Crippen molar-refractivity contribution in [2.24, 2.45) is 11.8 Å². The lowest BCUT2D eigenvalue weighted by atomic mass is 9.77. The van der Waals surface area contributed by atoms with Crippen molar-refractivity contribution in [2.75, 3.05) is 7.11 Å². The van der Waals surface area contributed by atoms with Gasteiger partial charge in [-0.05, 0) is 93.4 Å². The summed E-state index contributed by atoms with van der Waals surface area (Å²) in [6, 6.07) is 2.25. The molecule has 1 aromatic carbocycles. The highest BCUT2D eigenvalue weighted by molar-refractivity contribution is 5.19. The maximum atomic E-state index is 13.3. The summed E-state index contributed by atoms with van der Waals surface area (Å²) in [6.07, 6.45) is 12.3. The average Bonchev–Trinajstić information content (AvgIpc) is 2.67. The fraction of sp³-hybridized carbons (Fsp3) is 0.636. The van der Waals surface area contributed by atoms with Crippen LogP contribution in [0.2, 0.25) is 0 Å². The quantitative estimate of drug-likeness (QED) is 0.416. The maximum Gasteiger partial charge on any atom is 0.194 e. The van der Waals surface area contributed by atoms with E-state index in [1.54, 1.807) is 7.11 Å². The van der Waals surface area contributed by atoms with E-state index in [4.69, 9.17) is 4.74 Å². The summed E-state index contributed by atoms with van der Waals surface area (Å²) >= 11 is 0. The zero-order chi connectivity index (χ0) is 18.5. The van der Waals surface area contributed by atoms with E-state index < -0.39 is 17.5 Å². The lowest BCUT2D eigenvalue weighted by Gasteiger charge is -2.31. The van der Waals surface area contributed by atoms with Crippen LogP contribution >= 0.6 is 0 Å². The smallest absolute Gasteiger partial charge is 0.194 e. The SMILES string of the molecule is COC(=C1CCCCC1)C1CCC(CCc2cc(F)c(F)c(F)c2)CC1. The lowest BCUT2D eigenvalue weighted by molar-refractivity contribution is 0.183. The Labute approximate surface area is 154 Å². The van der Waals surface area contributed by atoms with E-state index in [-0.39, 0.29) is 0 Å². The predicted molar refractivity (Wildman–Crippen MR) is 97.2 cm³/mol. The van der Waals surface area contributed by atoms with Gasteiger partial charge in [0.05, 0.1) is 12.9 Å². The molecular weight excluding hydrogens is 337 g/mol. The molecule has 0 bridgehead atoms. The highest BCUT2D eigenvalue weighted by Crippen LogP contribution is 2.39. The molecule has 0 spiro atoms. The minimum absolute atomic E-state index is 0.532. The standard InChI is InChI=1S/C22H29F3O/c1-26-22(17-5-3-2-4-6-17)18-11-9-15(10-12-18)7-8-16-13-19(23)21(25)20(24)14-16/h13-15,18H,2-12H2,1H3. The molecule has 144 valence electrons. The van der Waals surface area contributed by atoms with Gasteiger partial charge in [0.1, 0.15) is 0 Å². The molecule has 4 heteroatoms. The van der Waals surface area contributed by atoms with E-state index in [1.807, 2.05) is 0 Å². The van der Waals surface area contributed by atoms with E-state index in [0.717, 1.165) is 44.2 Å². The molecule has 3 rings (SSSR count). The highest BCUT2D eigenvalue weighted by atomic mass is 19.2. The summed E-state index contributed by atoms with van der Waals surface area (Å²) in [5, 5.41) is 0. The van der Waals surface area contributed by atoms with Crippen molar-refractivity contribution in [3.63, 3.8) is 0 Å². The molecule has 2 fully saturated rings. The summed E-state index contributed by atoms with van der Waals surface area (Å²) in [4.78, 5) is 0. The van der Waals surface area contributed by atoms with Crippen molar-refractivity contribution in [1.29, 1.82) is 0 Å². The number of hydrogen-bond acceptors (Lipinski definition) is 1. The molecule has 0 aliphatic heterocycles. The second kappa shape index (κ2) is 8.96. The van der Waals surface area contributed by atoms with Gasteiger partial charge in [0.25, 0.3) is 0 Å². The number of halogens is 3. The fourth-order valence-corrected chi connectivity index (χ4v) is 4.66. The minimum Gasteiger partial charge on any atom is -0.501 e. The van der Waals surface area contributed by atoms with E-state index >= 15 is 0 Å². The second-order valence-electron chi connectivity index (χ2n) is 7.86. The van der Waals surface area contributed by atoms with Crippen molar-refractivity contribution in [1.82, 2.24) is 0 Å². The first kappa shape index (κ1) is 19.3. The number of ether oxygens (including phenoxy) is 1. The Hall–Kier alpha value is -1.45. The molecule has 2 aliphatic carbocycles. The van der Waals surface area contributed by atoms with Crippen molar-refractivity contribution < 1.29 is 17.9 Å². The number of methoxy groups -OCH3 is 1. The largest absolute Gasteiger partial charge is 0.501 e. The van der Waals surface area contributed by atoms with E-state index in [2.05, 4.69) is 0 Å². The minimum atomic E-state index is -1.38. The Morgan fingerprint density at radius 2 is 1.58 bits per heavy atom. The summed E-state index contributed by atoms with van der Waals surface area (Å²) in [7, 11) is 1.81. The number of allylic oxidation sites excluding steroid dienone is 2. The molecule has 26 heavy (non-hydrogen) atoms. The Bertz CT molecular complexity index is 614. The van der Waals surface area contributed by atoms with Crippen LogP contribution < -0.4 is 0 Å². The number of benzene rings is 1. The van der Waals surface area contributed by atoms with Gasteiger partial charge < -0.3 is 4.74 Å². The van der Waals surface area contributed by atoms with Crippen LogP contribution in [0.4, 0.5) is 13.2 Å². The molecule has 2 saturated carbocycles. The highest BCUT2D eigenvalue weighted by Gasteiger charge is 2.27. The van der Waals surface area contributed by atoms with Gasteiger partial charge in [0.2, 0.25) is 0 Å². The van der Waals surface area contributed by atoms with E-state index in [1.165, 1.54) is 43.4 Å². The number of rotatable bonds is 5. The van der Waals surface area contributed by atoms with Crippen LogP contribution in [0.25, 0.3) is 0 Å². The average molecular weight is 366 g/mol. The normalized spacial score (nSPS) is 23.8. The van der Waals surface area contributed by atoms with E-state index in [0.29, 0.717) is 23.8 Å². The molecule has 0 atom stereocenters. The summed E-state index contributed by atoms with van der Waals surface area (Å²) in [6.45, 7) is 0. The van der Waals surface area contributed by atoms with Gasteiger partial charge in [-0.25, -0.2) is 13.2 Å². The molecule has 0 N–H and O–H groups in total. The van der Waals surface area contributed by atoms with Crippen LogP contribution in [0.15, 0.2) is 23.5 Å². The third-order valence-corrected chi connectivity index (χ3v) is 6.13. The van der Waals surface area contributed by atoms with Gasteiger partial charge in [-0.2, -0.15) is 0 Å². The van der Waals surface area contributed by atoms with Gasteiger partial charge in [-0.1, -0.05) is 6.42 Å². The van der Waals surface area contributed by atoms with Crippen LogP contribution in [0, 0.1) is 29.3 Å².